The van der Waals surface area contributed by atoms with Crippen LogP contribution in [0.2, 0.25) is 0 Å². The largest absolute Gasteiger partial charge is 0.382 e. The van der Waals surface area contributed by atoms with Crippen LogP contribution >= 0.6 is 0 Å². The van der Waals surface area contributed by atoms with Gasteiger partial charge < -0.3 is 15.7 Å². The van der Waals surface area contributed by atoms with Crippen molar-refractivity contribution in [2.24, 2.45) is 11.7 Å². The van der Waals surface area contributed by atoms with Crippen LogP contribution in [-0.4, -0.2) is 42.2 Å². The molecule has 1 aliphatic carbocycles. The first-order valence-corrected chi connectivity index (χ1v) is 4.78. The van der Waals surface area contributed by atoms with Crippen molar-refractivity contribution in [2.45, 2.75) is 25.4 Å². The summed E-state index contributed by atoms with van der Waals surface area (Å²) in [6.07, 6.45) is 2.66. The standard InChI is InChI=1S/C9H18N2O2/c1-11(6-7-3-2-4-7)9(13)8(12)5-10/h7-8,12H,2-6,10H2,1H3. The molecule has 4 nitrogen and oxygen atoms in total. The van der Waals surface area contributed by atoms with Crippen LogP contribution in [0.1, 0.15) is 19.3 Å². The van der Waals surface area contributed by atoms with Crippen molar-refractivity contribution in [3.05, 3.63) is 0 Å². The van der Waals surface area contributed by atoms with Crippen LogP contribution in [0.3, 0.4) is 0 Å². The molecular weight excluding hydrogens is 168 g/mol. The highest BCUT2D eigenvalue weighted by atomic mass is 16.3. The van der Waals surface area contributed by atoms with E-state index in [1.807, 2.05) is 0 Å². The molecule has 1 atom stereocenters. The first-order valence-electron chi connectivity index (χ1n) is 4.78. The van der Waals surface area contributed by atoms with Gasteiger partial charge in [0.05, 0.1) is 0 Å². The van der Waals surface area contributed by atoms with E-state index in [4.69, 9.17) is 5.73 Å². The number of carbonyl (C=O) groups is 1. The molecule has 0 saturated heterocycles. The smallest absolute Gasteiger partial charge is 0.252 e. The summed E-state index contributed by atoms with van der Waals surface area (Å²) >= 11 is 0. The third-order valence-electron chi connectivity index (χ3n) is 2.64. The molecule has 0 aromatic rings. The average molecular weight is 186 g/mol. The first kappa shape index (κ1) is 10.5. The summed E-state index contributed by atoms with van der Waals surface area (Å²) in [5.41, 5.74) is 5.19. The molecule has 0 radical (unpaired) electrons. The quantitative estimate of drug-likeness (QED) is 0.625. The number of hydrogen-bond donors (Lipinski definition) is 2. The molecule has 4 heteroatoms. The van der Waals surface area contributed by atoms with Gasteiger partial charge in [0.25, 0.3) is 5.91 Å². The van der Waals surface area contributed by atoms with Crippen LogP contribution in [0.15, 0.2) is 0 Å². The van der Waals surface area contributed by atoms with Gasteiger partial charge in [0.2, 0.25) is 0 Å². The number of likely N-dealkylation sites (N-methyl/N-ethyl adjacent to an activating group) is 1. The normalized spacial score (nSPS) is 19.3. The van der Waals surface area contributed by atoms with Gasteiger partial charge in [-0.25, -0.2) is 0 Å². The molecule has 1 fully saturated rings. The fraction of sp³-hybridized carbons (Fsp3) is 0.889. The average Bonchev–Trinajstić information content (AvgIpc) is 2.08. The zero-order valence-corrected chi connectivity index (χ0v) is 8.07. The van der Waals surface area contributed by atoms with E-state index in [2.05, 4.69) is 0 Å². The lowest BCUT2D eigenvalue weighted by Gasteiger charge is -2.30. The molecule has 1 aliphatic rings. The Morgan fingerprint density at radius 1 is 1.69 bits per heavy atom. The minimum absolute atomic E-state index is 0.00778. The second kappa shape index (κ2) is 4.58. The summed E-state index contributed by atoms with van der Waals surface area (Å²) in [6, 6.07) is 0. The number of rotatable bonds is 4. The maximum atomic E-state index is 11.3. The Labute approximate surface area is 78.7 Å². The van der Waals surface area contributed by atoms with E-state index in [0.29, 0.717) is 5.92 Å². The van der Waals surface area contributed by atoms with E-state index < -0.39 is 6.10 Å². The van der Waals surface area contributed by atoms with Crippen molar-refractivity contribution in [3.8, 4) is 0 Å². The van der Waals surface area contributed by atoms with Crippen LogP contribution in [-0.2, 0) is 4.79 Å². The van der Waals surface area contributed by atoms with Crippen LogP contribution in [0, 0.1) is 5.92 Å². The van der Waals surface area contributed by atoms with Crippen molar-refractivity contribution < 1.29 is 9.90 Å². The maximum Gasteiger partial charge on any atom is 0.252 e. The van der Waals surface area contributed by atoms with Crippen LogP contribution < -0.4 is 5.73 Å². The number of aliphatic hydroxyl groups excluding tert-OH is 1. The maximum absolute atomic E-state index is 11.3. The van der Waals surface area contributed by atoms with Crippen molar-refractivity contribution in [3.63, 3.8) is 0 Å². The number of hydrogen-bond acceptors (Lipinski definition) is 3. The summed E-state index contributed by atoms with van der Waals surface area (Å²) in [6.45, 7) is 0.768. The van der Waals surface area contributed by atoms with E-state index in [0.717, 1.165) is 6.54 Å². The Kier molecular flexibility index (Phi) is 3.69. The predicted octanol–water partition coefficient (Wildman–Crippen LogP) is -0.435. The van der Waals surface area contributed by atoms with Gasteiger partial charge >= 0.3 is 0 Å². The first-order chi connectivity index (χ1) is 6.15. The number of nitrogens with two attached hydrogens (primary N) is 1. The van der Waals surface area contributed by atoms with Gasteiger partial charge in [0, 0.05) is 20.1 Å². The molecule has 0 aromatic heterocycles. The highest BCUT2D eigenvalue weighted by molar-refractivity contribution is 5.80. The fourth-order valence-electron chi connectivity index (χ4n) is 1.51. The van der Waals surface area contributed by atoms with E-state index in [-0.39, 0.29) is 12.5 Å². The van der Waals surface area contributed by atoms with E-state index in [1.54, 1.807) is 11.9 Å². The molecule has 13 heavy (non-hydrogen) atoms. The van der Waals surface area contributed by atoms with E-state index in [1.165, 1.54) is 19.3 Å². The second-order valence-corrected chi connectivity index (χ2v) is 3.77. The highest BCUT2D eigenvalue weighted by Crippen LogP contribution is 2.26. The molecule has 1 amide bonds. The lowest BCUT2D eigenvalue weighted by molar-refractivity contribution is -0.139. The van der Waals surface area contributed by atoms with E-state index >= 15 is 0 Å². The Morgan fingerprint density at radius 3 is 2.69 bits per heavy atom. The van der Waals surface area contributed by atoms with Crippen molar-refractivity contribution in [1.82, 2.24) is 4.90 Å². The molecule has 1 saturated carbocycles. The number of carbonyl (C=O) groups excluding carboxylic acids is 1. The summed E-state index contributed by atoms with van der Waals surface area (Å²) < 4.78 is 0. The minimum atomic E-state index is -1.02. The van der Waals surface area contributed by atoms with Crippen molar-refractivity contribution in [1.29, 1.82) is 0 Å². The molecule has 1 rings (SSSR count). The minimum Gasteiger partial charge on any atom is -0.382 e. The van der Waals surface area contributed by atoms with Crippen LogP contribution in [0.4, 0.5) is 0 Å². The van der Waals surface area contributed by atoms with Gasteiger partial charge in [-0.15, -0.1) is 0 Å². The third-order valence-corrected chi connectivity index (χ3v) is 2.64. The van der Waals surface area contributed by atoms with Gasteiger partial charge in [-0.2, -0.15) is 0 Å². The Hall–Kier alpha value is -0.610. The van der Waals surface area contributed by atoms with Crippen LogP contribution in [0.25, 0.3) is 0 Å². The summed E-state index contributed by atoms with van der Waals surface area (Å²) in [7, 11) is 1.72. The molecule has 0 spiro atoms. The van der Waals surface area contributed by atoms with Crippen molar-refractivity contribution in [2.75, 3.05) is 20.1 Å². The number of aliphatic hydroxyl groups is 1. The molecule has 0 aliphatic heterocycles. The lowest BCUT2D eigenvalue weighted by Crippen LogP contribution is -2.43. The molecule has 0 heterocycles. The van der Waals surface area contributed by atoms with Crippen LogP contribution in [0.5, 0.6) is 0 Å². The topological polar surface area (TPSA) is 66.6 Å². The fourth-order valence-corrected chi connectivity index (χ4v) is 1.51. The molecule has 3 N–H and O–H groups in total. The lowest BCUT2D eigenvalue weighted by atomic mass is 9.85. The second-order valence-electron chi connectivity index (χ2n) is 3.77. The highest BCUT2D eigenvalue weighted by Gasteiger charge is 2.24. The predicted molar refractivity (Wildman–Crippen MR) is 50.0 cm³/mol. The zero-order chi connectivity index (χ0) is 9.84. The third kappa shape index (κ3) is 2.67. The Balaban J connectivity index is 2.28. The summed E-state index contributed by atoms with van der Waals surface area (Å²) in [4.78, 5) is 12.9. The Morgan fingerprint density at radius 2 is 2.31 bits per heavy atom. The molecule has 1 unspecified atom stereocenters. The SMILES string of the molecule is CN(CC1CCC1)C(=O)C(O)CN. The summed E-state index contributed by atoms with van der Waals surface area (Å²) in [5, 5.41) is 9.18. The molecule has 0 bridgehead atoms. The Bertz CT molecular complexity index is 180. The van der Waals surface area contributed by atoms with Gasteiger partial charge in [0.15, 0.2) is 0 Å². The number of nitrogens with zero attached hydrogens (tertiary/aromatic N) is 1. The van der Waals surface area contributed by atoms with Gasteiger partial charge in [-0.05, 0) is 18.8 Å². The summed E-state index contributed by atoms with van der Waals surface area (Å²) in [5.74, 6) is 0.383. The van der Waals surface area contributed by atoms with Gasteiger partial charge in [-0.1, -0.05) is 6.42 Å². The van der Waals surface area contributed by atoms with E-state index in [9.17, 15) is 9.90 Å². The van der Waals surface area contributed by atoms with Crippen molar-refractivity contribution >= 4 is 5.91 Å². The monoisotopic (exact) mass is 186 g/mol. The van der Waals surface area contributed by atoms with Gasteiger partial charge in [0.1, 0.15) is 6.10 Å². The number of amides is 1. The molecule has 0 aromatic carbocycles. The molecular formula is C9H18N2O2. The molecule has 76 valence electrons. The zero-order valence-electron chi connectivity index (χ0n) is 8.07. The van der Waals surface area contributed by atoms with Gasteiger partial charge in [-0.3, -0.25) is 4.79 Å².